The molecule has 2 aromatic carbocycles. The number of ether oxygens (including phenoxy) is 1. The Balaban J connectivity index is 1.24. The first-order chi connectivity index (χ1) is 17.6. The number of hydrogen-bond acceptors (Lipinski definition) is 5. The molecular formula is C28H34FN5O2. The van der Waals surface area contributed by atoms with Crippen LogP contribution >= 0.6 is 0 Å². The van der Waals surface area contributed by atoms with Crippen LogP contribution in [0.1, 0.15) is 19.4 Å². The zero-order valence-corrected chi connectivity index (χ0v) is 21.0. The van der Waals surface area contributed by atoms with Gasteiger partial charge in [-0.15, -0.1) is 0 Å². The molecule has 0 radical (unpaired) electrons. The van der Waals surface area contributed by atoms with Crippen molar-refractivity contribution in [3.8, 4) is 5.75 Å². The molecule has 4 aromatic rings. The quantitative estimate of drug-likeness (QED) is 0.384. The van der Waals surface area contributed by atoms with Crippen LogP contribution in [0.5, 0.6) is 5.75 Å². The minimum Gasteiger partial charge on any atom is -0.490 e. The normalized spacial score (nSPS) is 14.8. The molecule has 0 unspecified atom stereocenters. The summed E-state index contributed by atoms with van der Waals surface area (Å²) in [6, 6.07) is 14.6. The number of likely N-dealkylation sites (N-methyl/N-ethyl adjacent to an activating group) is 1. The Kier molecular flexibility index (Phi) is 7.25. The van der Waals surface area contributed by atoms with Crippen molar-refractivity contribution in [2.75, 3.05) is 57.3 Å². The smallest absolute Gasteiger partial charge is 0.258 e. The van der Waals surface area contributed by atoms with Crippen LogP contribution in [0.4, 0.5) is 10.1 Å². The largest absolute Gasteiger partial charge is 0.490 e. The summed E-state index contributed by atoms with van der Waals surface area (Å²) >= 11 is 0. The third kappa shape index (κ3) is 5.10. The molecule has 190 valence electrons. The van der Waals surface area contributed by atoms with Crippen LogP contribution in [0.3, 0.4) is 0 Å². The van der Waals surface area contributed by atoms with Crippen LogP contribution in [-0.4, -0.2) is 71.6 Å². The molecule has 8 heteroatoms. The lowest BCUT2D eigenvalue weighted by Gasteiger charge is -2.36. The van der Waals surface area contributed by atoms with Gasteiger partial charge in [-0.25, -0.2) is 4.39 Å². The predicted octanol–water partition coefficient (Wildman–Crippen LogP) is 3.96. The van der Waals surface area contributed by atoms with E-state index in [9.17, 15) is 9.18 Å². The number of piperazine rings is 1. The summed E-state index contributed by atoms with van der Waals surface area (Å²) in [6.45, 7) is 11.8. The maximum Gasteiger partial charge on any atom is 0.258 e. The molecule has 3 heterocycles. The summed E-state index contributed by atoms with van der Waals surface area (Å²) in [4.78, 5) is 22.4. The van der Waals surface area contributed by atoms with Crippen molar-refractivity contribution in [2.24, 2.45) is 0 Å². The van der Waals surface area contributed by atoms with Crippen molar-refractivity contribution < 1.29 is 9.13 Å². The molecular weight excluding hydrogens is 457 g/mol. The van der Waals surface area contributed by atoms with Gasteiger partial charge in [-0.1, -0.05) is 26.0 Å². The second-order valence-corrected chi connectivity index (χ2v) is 9.33. The van der Waals surface area contributed by atoms with E-state index in [0.717, 1.165) is 74.8 Å². The lowest BCUT2D eigenvalue weighted by molar-refractivity contribution is 0.221. The Morgan fingerprint density at radius 3 is 2.58 bits per heavy atom. The Morgan fingerprint density at radius 1 is 1.03 bits per heavy atom. The first-order valence-electron chi connectivity index (χ1n) is 12.8. The van der Waals surface area contributed by atoms with E-state index in [-0.39, 0.29) is 11.4 Å². The van der Waals surface area contributed by atoms with Crippen molar-refractivity contribution in [1.82, 2.24) is 19.2 Å². The molecule has 2 aromatic heterocycles. The molecule has 1 fully saturated rings. The number of halogens is 1. The first kappa shape index (κ1) is 24.3. The summed E-state index contributed by atoms with van der Waals surface area (Å²) in [5.74, 6) is 0.340. The third-order valence-electron chi connectivity index (χ3n) is 7.13. The van der Waals surface area contributed by atoms with Gasteiger partial charge in [0.1, 0.15) is 23.8 Å². The summed E-state index contributed by atoms with van der Waals surface area (Å²) in [6.07, 6.45) is 2.11. The van der Waals surface area contributed by atoms with E-state index in [4.69, 9.17) is 4.74 Å². The van der Waals surface area contributed by atoms with Crippen LogP contribution in [0.15, 0.2) is 59.5 Å². The highest BCUT2D eigenvalue weighted by Crippen LogP contribution is 2.30. The van der Waals surface area contributed by atoms with Crippen LogP contribution < -0.4 is 15.2 Å². The number of aromatic amines is 1. The van der Waals surface area contributed by atoms with Gasteiger partial charge in [0.15, 0.2) is 0 Å². The Hall–Kier alpha value is -3.36. The molecule has 0 bridgehead atoms. The number of nitrogens with one attached hydrogen (secondary N) is 1. The monoisotopic (exact) mass is 491 g/mol. The molecule has 0 spiro atoms. The fourth-order valence-electron chi connectivity index (χ4n) is 5.05. The van der Waals surface area contributed by atoms with Gasteiger partial charge in [0, 0.05) is 51.5 Å². The fourth-order valence-corrected chi connectivity index (χ4v) is 5.05. The lowest BCUT2D eigenvalue weighted by Crippen LogP contribution is -2.46. The van der Waals surface area contributed by atoms with Crippen LogP contribution in [0, 0.1) is 5.82 Å². The Morgan fingerprint density at radius 2 is 1.81 bits per heavy atom. The fraction of sp³-hybridized carbons (Fsp3) is 0.393. The lowest BCUT2D eigenvalue weighted by atomic mass is 10.2. The molecule has 1 aliphatic rings. The molecule has 5 rings (SSSR count). The van der Waals surface area contributed by atoms with Gasteiger partial charge in [0.25, 0.3) is 5.56 Å². The zero-order valence-electron chi connectivity index (χ0n) is 21.0. The highest BCUT2D eigenvalue weighted by Gasteiger charge is 2.21. The first-order valence-corrected chi connectivity index (χ1v) is 12.8. The van der Waals surface area contributed by atoms with Crippen molar-refractivity contribution in [2.45, 2.75) is 20.4 Å². The van der Waals surface area contributed by atoms with Gasteiger partial charge >= 0.3 is 0 Å². The number of hydrogen-bond donors (Lipinski definition) is 1. The Bertz CT molecular complexity index is 1390. The van der Waals surface area contributed by atoms with E-state index in [1.165, 1.54) is 12.1 Å². The molecule has 7 nitrogen and oxygen atoms in total. The second-order valence-electron chi connectivity index (χ2n) is 9.33. The summed E-state index contributed by atoms with van der Waals surface area (Å²) < 4.78 is 22.1. The van der Waals surface area contributed by atoms with Crippen molar-refractivity contribution in [3.05, 3.63) is 76.5 Å². The molecule has 1 N–H and O–H groups in total. The van der Waals surface area contributed by atoms with Gasteiger partial charge in [0.05, 0.1) is 16.6 Å². The molecule has 0 saturated carbocycles. The van der Waals surface area contributed by atoms with E-state index in [0.29, 0.717) is 17.7 Å². The van der Waals surface area contributed by atoms with Crippen LogP contribution in [0.2, 0.25) is 0 Å². The van der Waals surface area contributed by atoms with E-state index in [1.807, 2.05) is 30.3 Å². The summed E-state index contributed by atoms with van der Waals surface area (Å²) in [5.41, 5.74) is 3.78. The summed E-state index contributed by atoms with van der Waals surface area (Å²) in [5, 5.41) is 0.690. The van der Waals surface area contributed by atoms with E-state index in [2.05, 4.69) is 50.2 Å². The minimum absolute atomic E-state index is 0.0641. The molecule has 1 aliphatic heterocycles. The third-order valence-corrected chi connectivity index (χ3v) is 7.13. The number of nitrogens with zero attached hydrogens (tertiary/aromatic N) is 4. The highest BCUT2D eigenvalue weighted by molar-refractivity contribution is 5.80. The van der Waals surface area contributed by atoms with Crippen molar-refractivity contribution in [3.63, 3.8) is 0 Å². The topological polar surface area (TPSA) is 56.2 Å². The Labute approximate surface area is 210 Å². The molecule has 1 saturated heterocycles. The van der Waals surface area contributed by atoms with Gasteiger partial charge in [-0.3, -0.25) is 9.69 Å². The van der Waals surface area contributed by atoms with Crippen molar-refractivity contribution >= 4 is 22.2 Å². The maximum absolute atomic E-state index is 14.0. The maximum atomic E-state index is 14.0. The van der Waals surface area contributed by atoms with Gasteiger partial charge < -0.3 is 23.9 Å². The van der Waals surface area contributed by atoms with Crippen molar-refractivity contribution in [1.29, 1.82) is 0 Å². The SMILES string of the molecule is CCN(CC)CCOc1cc(F)ccc1N1CCN(Cc2cc3[nH]c(=O)c4ccccc4n3c2)CC1. The second kappa shape index (κ2) is 10.7. The minimum atomic E-state index is -0.276. The number of anilines is 1. The van der Waals surface area contributed by atoms with E-state index >= 15 is 0 Å². The molecule has 0 amide bonds. The number of fused-ring (bicyclic) bond motifs is 3. The molecule has 36 heavy (non-hydrogen) atoms. The molecule has 0 aliphatic carbocycles. The van der Waals surface area contributed by atoms with Crippen LogP contribution in [0.25, 0.3) is 16.6 Å². The summed E-state index contributed by atoms with van der Waals surface area (Å²) in [7, 11) is 0. The predicted molar refractivity (Wildman–Crippen MR) is 143 cm³/mol. The number of aromatic nitrogens is 2. The standard InChI is InChI=1S/C28H34FN5O2/c1-3-31(4-2)15-16-36-26-18-22(29)9-10-25(26)33-13-11-32(12-14-33)19-21-17-27-30-28(35)23-7-5-6-8-24(23)34(27)20-21/h5-10,17-18,20H,3-4,11-16,19H2,1-2H3,(H,30,35). The average molecular weight is 492 g/mol. The van der Waals surface area contributed by atoms with E-state index in [1.54, 1.807) is 0 Å². The molecule has 0 atom stereocenters. The zero-order chi connectivity index (χ0) is 25.1. The number of rotatable bonds is 9. The van der Waals surface area contributed by atoms with Gasteiger partial charge in [-0.05, 0) is 49.0 Å². The van der Waals surface area contributed by atoms with Crippen LogP contribution in [-0.2, 0) is 6.54 Å². The number of para-hydroxylation sites is 1. The van der Waals surface area contributed by atoms with E-state index < -0.39 is 0 Å². The highest BCUT2D eigenvalue weighted by atomic mass is 19.1. The van der Waals surface area contributed by atoms with Gasteiger partial charge in [0.2, 0.25) is 0 Å². The number of benzene rings is 2. The number of H-pyrrole nitrogens is 1. The average Bonchev–Trinajstić information content (AvgIpc) is 3.30. The van der Waals surface area contributed by atoms with Gasteiger partial charge in [-0.2, -0.15) is 0 Å².